The molecule has 42 heavy (non-hydrogen) atoms. The van der Waals surface area contributed by atoms with Crippen LogP contribution < -0.4 is 20.7 Å². The smallest absolute Gasteiger partial charge is 0.253 e. The molecule has 0 bridgehead atoms. The van der Waals surface area contributed by atoms with Crippen molar-refractivity contribution in [1.29, 1.82) is 0 Å². The highest BCUT2D eigenvalue weighted by Gasteiger charge is 2.49. The molecule has 3 fully saturated rings. The fourth-order valence-electron chi connectivity index (χ4n) is 6.87. The lowest BCUT2D eigenvalue weighted by Crippen LogP contribution is -2.46. The Bertz CT molecular complexity index is 1470. The predicted octanol–water partition coefficient (Wildman–Crippen LogP) is 4.36. The van der Waals surface area contributed by atoms with Crippen molar-refractivity contribution in [1.82, 2.24) is 14.9 Å². The highest BCUT2D eigenvalue weighted by Crippen LogP contribution is 2.44. The minimum absolute atomic E-state index is 0.0665. The molecule has 0 saturated carbocycles. The first kappa shape index (κ1) is 26.8. The molecule has 3 saturated heterocycles. The summed E-state index contributed by atoms with van der Waals surface area (Å²) in [6, 6.07) is 22.7. The number of anilines is 4. The van der Waals surface area contributed by atoms with Gasteiger partial charge in [-0.15, -0.1) is 5.12 Å². The normalized spacial score (nSPS) is 20.5. The molecular weight excluding hydrogens is 526 g/mol. The topological polar surface area (TPSA) is 74.4 Å². The monoisotopic (exact) mass is 565 g/mol. The van der Waals surface area contributed by atoms with Gasteiger partial charge in [0.05, 0.1) is 16.8 Å². The number of likely N-dealkylation sites (tertiary alicyclic amines) is 1. The fraction of sp³-hybridized carbons (Fsp3) is 0.394. The van der Waals surface area contributed by atoms with Crippen LogP contribution >= 0.6 is 0 Å². The van der Waals surface area contributed by atoms with Gasteiger partial charge in [0, 0.05) is 69.8 Å². The van der Waals surface area contributed by atoms with Gasteiger partial charge >= 0.3 is 0 Å². The van der Waals surface area contributed by atoms with Crippen LogP contribution in [0.1, 0.15) is 29.6 Å². The first-order chi connectivity index (χ1) is 20.4. The third kappa shape index (κ3) is 4.86. The molecule has 1 spiro atoms. The van der Waals surface area contributed by atoms with E-state index in [2.05, 4.69) is 82.3 Å². The minimum atomic E-state index is -0.370. The number of nitrogens with zero attached hydrogens (tertiary/aromatic N) is 5. The molecule has 218 valence electrons. The molecule has 0 radical (unpaired) electrons. The highest BCUT2D eigenvalue weighted by atomic mass is 16.2. The molecular formula is C33H39N7O2. The molecule has 4 aliphatic rings. The van der Waals surface area contributed by atoms with E-state index < -0.39 is 0 Å². The number of hydrazine groups is 2. The van der Waals surface area contributed by atoms with Crippen LogP contribution in [0.5, 0.6) is 0 Å². The van der Waals surface area contributed by atoms with E-state index in [1.54, 1.807) is 0 Å². The number of piperidine rings is 1. The number of piperazine rings is 1. The van der Waals surface area contributed by atoms with Gasteiger partial charge in [-0.3, -0.25) is 20.4 Å². The Labute approximate surface area is 247 Å². The molecule has 7 rings (SSSR count). The number of amides is 2. The van der Waals surface area contributed by atoms with Crippen molar-refractivity contribution in [3.63, 3.8) is 0 Å². The number of rotatable bonds is 4. The maximum atomic E-state index is 13.7. The number of fused-ring (bicyclic) bond motifs is 1. The summed E-state index contributed by atoms with van der Waals surface area (Å²) in [4.78, 5) is 35.7. The average Bonchev–Trinajstić information content (AvgIpc) is 3.55. The van der Waals surface area contributed by atoms with Gasteiger partial charge in [0.2, 0.25) is 5.91 Å². The van der Waals surface area contributed by atoms with Crippen molar-refractivity contribution in [2.75, 3.05) is 80.6 Å². The van der Waals surface area contributed by atoms with E-state index in [9.17, 15) is 9.59 Å². The largest absolute Gasteiger partial charge is 0.369 e. The van der Waals surface area contributed by atoms with Crippen LogP contribution in [-0.4, -0.2) is 86.6 Å². The zero-order valence-corrected chi connectivity index (χ0v) is 24.5. The van der Waals surface area contributed by atoms with Crippen LogP contribution in [0, 0.1) is 5.41 Å². The number of nitrogens with one attached hydrogen (secondary N) is 2. The van der Waals surface area contributed by atoms with Gasteiger partial charge in [-0.25, -0.2) is 0 Å². The van der Waals surface area contributed by atoms with Gasteiger partial charge in [-0.2, -0.15) is 0 Å². The van der Waals surface area contributed by atoms with Crippen LogP contribution in [-0.2, 0) is 4.79 Å². The summed E-state index contributed by atoms with van der Waals surface area (Å²) in [6.45, 7) is 6.09. The van der Waals surface area contributed by atoms with Gasteiger partial charge in [-0.1, -0.05) is 18.2 Å². The van der Waals surface area contributed by atoms with Gasteiger partial charge in [0.25, 0.3) is 5.91 Å². The number of hydrogen-bond donors (Lipinski definition) is 2. The van der Waals surface area contributed by atoms with Crippen molar-refractivity contribution in [2.45, 2.75) is 19.3 Å². The first-order valence-corrected chi connectivity index (χ1v) is 15.0. The van der Waals surface area contributed by atoms with Crippen molar-refractivity contribution in [3.05, 3.63) is 72.3 Å². The molecule has 3 aromatic carbocycles. The van der Waals surface area contributed by atoms with E-state index in [-0.39, 0.29) is 17.2 Å². The van der Waals surface area contributed by atoms with Crippen molar-refractivity contribution >= 4 is 34.6 Å². The first-order valence-electron chi connectivity index (χ1n) is 15.0. The lowest BCUT2D eigenvalue weighted by molar-refractivity contribution is -0.127. The summed E-state index contributed by atoms with van der Waals surface area (Å²) >= 11 is 0. The zero-order valence-electron chi connectivity index (χ0n) is 24.5. The SMILES string of the molecule is CN1CCN(c2ccc(C(=O)N3CCC4(CC3)CCN(c3ccc(-c5ccc6c(c5)NN(C)N6)cc3)C4=O)cc2)CC1. The summed E-state index contributed by atoms with van der Waals surface area (Å²) in [5.74, 6) is 0.270. The maximum absolute atomic E-state index is 13.7. The standard InChI is InChI=1S/C33H39N7O2/c1-36-19-21-38(22-20-36)27-8-5-25(6-9-27)31(41)39-16-13-33(14-17-39)15-18-40(32(33)42)28-10-3-24(4-11-28)26-7-12-29-30(23-26)35-37(2)34-29/h3-12,23,34-35H,13-22H2,1-2H3. The van der Waals surface area contributed by atoms with Crippen molar-refractivity contribution in [2.24, 2.45) is 5.41 Å². The Morgan fingerprint density at radius 2 is 1.31 bits per heavy atom. The molecule has 0 unspecified atom stereocenters. The molecule has 4 heterocycles. The van der Waals surface area contributed by atoms with Crippen LogP contribution in [0.4, 0.5) is 22.7 Å². The Balaban J connectivity index is 0.968. The summed E-state index contributed by atoms with van der Waals surface area (Å²) in [5.41, 5.74) is 13.3. The van der Waals surface area contributed by atoms with Crippen LogP contribution in [0.3, 0.4) is 0 Å². The van der Waals surface area contributed by atoms with Gasteiger partial charge in [0.1, 0.15) is 0 Å². The molecule has 2 amide bonds. The van der Waals surface area contributed by atoms with Gasteiger partial charge < -0.3 is 19.6 Å². The maximum Gasteiger partial charge on any atom is 0.253 e. The predicted molar refractivity (Wildman–Crippen MR) is 168 cm³/mol. The minimum Gasteiger partial charge on any atom is -0.369 e. The number of benzene rings is 3. The van der Waals surface area contributed by atoms with Crippen molar-refractivity contribution in [3.8, 4) is 11.1 Å². The molecule has 2 N–H and O–H groups in total. The molecule has 0 atom stereocenters. The van der Waals surface area contributed by atoms with E-state index in [1.807, 2.05) is 34.1 Å². The summed E-state index contributed by atoms with van der Waals surface area (Å²) in [6.07, 6.45) is 2.28. The van der Waals surface area contributed by atoms with Crippen LogP contribution in [0.15, 0.2) is 66.7 Å². The second kappa shape index (κ2) is 10.6. The number of carbonyl (C=O) groups is 2. The number of carbonyl (C=O) groups excluding carboxylic acids is 2. The van der Waals surface area contributed by atoms with E-state index in [1.165, 1.54) is 5.69 Å². The van der Waals surface area contributed by atoms with E-state index in [0.717, 1.165) is 85.7 Å². The Hall–Kier alpha value is -4.08. The third-order valence-corrected chi connectivity index (χ3v) is 9.61. The summed E-state index contributed by atoms with van der Waals surface area (Å²) in [5, 5.41) is 1.83. The molecule has 9 nitrogen and oxygen atoms in total. The van der Waals surface area contributed by atoms with Crippen LogP contribution in [0.25, 0.3) is 11.1 Å². The van der Waals surface area contributed by atoms with E-state index in [0.29, 0.717) is 13.1 Å². The fourth-order valence-corrected chi connectivity index (χ4v) is 6.87. The Kier molecular flexibility index (Phi) is 6.79. The van der Waals surface area contributed by atoms with E-state index >= 15 is 0 Å². The summed E-state index contributed by atoms with van der Waals surface area (Å²) < 4.78 is 0. The molecule has 9 heteroatoms. The third-order valence-electron chi connectivity index (χ3n) is 9.61. The highest BCUT2D eigenvalue weighted by molar-refractivity contribution is 6.00. The second-order valence-electron chi connectivity index (χ2n) is 12.2. The van der Waals surface area contributed by atoms with Gasteiger partial charge in [-0.05, 0) is 86.0 Å². The van der Waals surface area contributed by atoms with Crippen LogP contribution in [0.2, 0.25) is 0 Å². The molecule has 4 aliphatic heterocycles. The lowest BCUT2D eigenvalue weighted by Gasteiger charge is -2.38. The second-order valence-corrected chi connectivity index (χ2v) is 12.2. The molecule has 3 aromatic rings. The average molecular weight is 566 g/mol. The Morgan fingerprint density at radius 1 is 0.690 bits per heavy atom. The summed E-state index contributed by atoms with van der Waals surface area (Å²) in [7, 11) is 4.09. The molecule has 0 aromatic heterocycles. The number of hydrogen-bond acceptors (Lipinski definition) is 7. The van der Waals surface area contributed by atoms with Crippen molar-refractivity contribution < 1.29 is 9.59 Å². The lowest BCUT2D eigenvalue weighted by atomic mass is 9.77. The number of likely N-dealkylation sites (N-methyl/N-ethyl adjacent to an activating group) is 1. The zero-order chi connectivity index (χ0) is 28.8. The van der Waals surface area contributed by atoms with Gasteiger partial charge in [0.15, 0.2) is 0 Å². The quantitative estimate of drug-likeness (QED) is 0.487. The Morgan fingerprint density at radius 3 is 2.02 bits per heavy atom. The molecule has 0 aliphatic carbocycles. The van der Waals surface area contributed by atoms with E-state index in [4.69, 9.17) is 0 Å².